The Balaban J connectivity index is 1.90. The first-order valence-electron chi connectivity index (χ1n) is 12.1. The summed E-state index contributed by atoms with van der Waals surface area (Å²) < 4.78 is 24.2. The lowest BCUT2D eigenvalue weighted by atomic mass is 9.95. The summed E-state index contributed by atoms with van der Waals surface area (Å²) >= 11 is 1.25. The highest BCUT2D eigenvalue weighted by molar-refractivity contribution is 7.07. The molecule has 0 saturated carbocycles. The number of methoxy groups -OCH3 is 2. The lowest BCUT2D eigenvalue weighted by Crippen LogP contribution is -2.39. The number of benzene rings is 1. The lowest BCUT2D eigenvalue weighted by Gasteiger charge is -2.25. The predicted molar refractivity (Wildman–Crippen MR) is 142 cm³/mol. The number of allylic oxidation sites excluding steroid dienone is 1. The van der Waals surface area contributed by atoms with E-state index >= 15 is 0 Å². The van der Waals surface area contributed by atoms with Gasteiger partial charge in [-0.1, -0.05) is 17.4 Å². The van der Waals surface area contributed by atoms with Gasteiger partial charge in [0.2, 0.25) is 0 Å². The average Bonchev–Trinajstić information content (AvgIpc) is 3.47. The fourth-order valence-electron chi connectivity index (χ4n) is 4.38. The molecule has 9 nitrogen and oxygen atoms in total. The minimum absolute atomic E-state index is 0.200. The summed E-state index contributed by atoms with van der Waals surface area (Å²) in [7, 11) is 3.09. The quantitative estimate of drug-likeness (QED) is 0.396. The third-order valence-corrected chi connectivity index (χ3v) is 7.18. The van der Waals surface area contributed by atoms with E-state index in [0.717, 1.165) is 19.0 Å². The van der Waals surface area contributed by atoms with Crippen molar-refractivity contribution in [1.29, 1.82) is 0 Å². The SMILES string of the molecule is CCOC(=O)C1=C(C)N=c2sc(=Cc3ccc(N(CC)CC)o3)c(=O)n2[C@H]1c1ccc(OC)c(OC)c1. The third-order valence-electron chi connectivity index (χ3n) is 6.20. The summed E-state index contributed by atoms with van der Waals surface area (Å²) in [6.45, 7) is 9.43. The molecular weight excluding hydrogens is 494 g/mol. The molecule has 0 fully saturated rings. The maximum atomic E-state index is 13.8. The van der Waals surface area contributed by atoms with E-state index in [9.17, 15) is 9.59 Å². The Hall–Kier alpha value is -3.79. The number of hydrogen-bond donors (Lipinski definition) is 0. The van der Waals surface area contributed by atoms with Crippen molar-refractivity contribution in [3.63, 3.8) is 0 Å². The van der Waals surface area contributed by atoms with Gasteiger partial charge in [0.25, 0.3) is 5.56 Å². The Bertz CT molecular complexity index is 1510. The lowest BCUT2D eigenvalue weighted by molar-refractivity contribution is -0.139. The Labute approximate surface area is 218 Å². The number of nitrogens with zero attached hydrogens (tertiary/aromatic N) is 3. The molecular formula is C27H31N3O6S. The molecule has 1 aliphatic rings. The molecule has 196 valence electrons. The maximum Gasteiger partial charge on any atom is 0.338 e. The number of thiazole rings is 1. The number of aromatic nitrogens is 1. The van der Waals surface area contributed by atoms with Crippen molar-refractivity contribution in [3.05, 3.63) is 72.6 Å². The largest absolute Gasteiger partial charge is 0.493 e. The summed E-state index contributed by atoms with van der Waals surface area (Å²) in [4.78, 5) is 34.0. The van der Waals surface area contributed by atoms with E-state index in [1.54, 1.807) is 39.2 Å². The van der Waals surface area contributed by atoms with Gasteiger partial charge in [0.05, 0.1) is 42.7 Å². The summed E-state index contributed by atoms with van der Waals surface area (Å²) in [5.74, 6) is 1.81. The van der Waals surface area contributed by atoms with Crippen molar-refractivity contribution in [1.82, 2.24) is 4.57 Å². The standard InChI is InChI=1S/C27H31N3O6S/c1-7-29(8-2)22-13-11-18(36-22)15-21-25(31)30-24(17-10-12-19(33-5)20(14-17)34-6)23(26(32)35-9-3)16(4)28-27(30)37-21/h10-15,24H,7-9H2,1-6H3/t24-/m0/s1. The summed E-state index contributed by atoms with van der Waals surface area (Å²) in [5, 5.41) is 0. The molecule has 0 spiro atoms. The highest BCUT2D eigenvalue weighted by atomic mass is 32.1. The van der Waals surface area contributed by atoms with E-state index in [1.165, 1.54) is 23.0 Å². The third kappa shape index (κ3) is 4.93. The molecule has 0 N–H and O–H groups in total. The number of carbonyl (C=O) groups excluding carboxylic acids is 1. The van der Waals surface area contributed by atoms with E-state index in [-0.39, 0.29) is 12.2 Å². The molecule has 10 heteroatoms. The van der Waals surface area contributed by atoms with Crippen LogP contribution in [-0.4, -0.2) is 44.5 Å². The Morgan fingerprint density at radius 1 is 1.14 bits per heavy atom. The number of carbonyl (C=O) groups is 1. The fraction of sp³-hybridized carbons (Fsp3) is 0.370. The normalized spacial score (nSPS) is 15.3. The van der Waals surface area contributed by atoms with Crippen molar-refractivity contribution in [2.45, 2.75) is 33.7 Å². The molecule has 1 atom stereocenters. The molecule has 2 aromatic heterocycles. The van der Waals surface area contributed by atoms with Gasteiger partial charge < -0.3 is 23.5 Å². The zero-order valence-electron chi connectivity index (χ0n) is 21.9. The second kappa shape index (κ2) is 11.1. The number of anilines is 1. The van der Waals surface area contributed by atoms with Gasteiger partial charge in [0, 0.05) is 25.2 Å². The summed E-state index contributed by atoms with van der Waals surface area (Å²) in [6.07, 6.45) is 1.71. The van der Waals surface area contributed by atoms with Crippen LogP contribution in [0.5, 0.6) is 11.5 Å². The van der Waals surface area contributed by atoms with E-state index in [4.69, 9.17) is 18.6 Å². The van der Waals surface area contributed by atoms with Gasteiger partial charge >= 0.3 is 5.97 Å². The number of rotatable bonds is 9. The highest BCUT2D eigenvalue weighted by Crippen LogP contribution is 2.36. The van der Waals surface area contributed by atoms with Crippen LogP contribution in [0.4, 0.5) is 5.88 Å². The van der Waals surface area contributed by atoms with Gasteiger partial charge in [-0.05, 0) is 51.5 Å². The molecule has 0 saturated heterocycles. The Morgan fingerprint density at radius 2 is 1.86 bits per heavy atom. The van der Waals surface area contributed by atoms with Crippen molar-refractivity contribution in [2.24, 2.45) is 4.99 Å². The molecule has 0 amide bonds. The van der Waals surface area contributed by atoms with Crippen molar-refractivity contribution in [2.75, 3.05) is 38.8 Å². The molecule has 0 unspecified atom stereocenters. The first-order valence-corrected chi connectivity index (χ1v) is 12.9. The minimum Gasteiger partial charge on any atom is -0.493 e. The van der Waals surface area contributed by atoms with Crippen LogP contribution < -0.4 is 29.3 Å². The fourth-order valence-corrected chi connectivity index (χ4v) is 5.41. The molecule has 0 aliphatic carbocycles. The van der Waals surface area contributed by atoms with Gasteiger partial charge in [0.15, 0.2) is 22.2 Å². The highest BCUT2D eigenvalue weighted by Gasteiger charge is 2.34. The van der Waals surface area contributed by atoms with Crippen LogP contribution >= 0.6 is 11.3 Å². The van der Waals surface area contributed by atoms with Crippen LogP contribution in [0.2, 0.25) is 0 Å². The molecule has 1 aliphatic heterocycles. The van der Waals surface area contributed by atoms with Crippen LogP contribution in [0.1, 0.15) is 45.1 Å². The van der Waals surface area contributed by atoms with E-state index in [1.807, 2.05) is 18.2 Å². The summed E-state index contributed by atoms with van der Waals surface area (Å²) in [6, 6.07) is 8.31. The first kappa shape index (κ1) is 26.3. The number of hydrogen-bond acceptors (Lipinski definition) is 9. The number of ether oxygens (including phenoxy) is 3. The van der Waals surface area contributed by atoms with E-state index < -0.39 is 12.0 Å². The van der Waals surface area contributed by atoms with Crippen molar-refractivity contribution >= 4 is 29.3 Å². The first-order chi connectivity index (χ1) is 17.9. The molecule has 3 aromatic rings. The molecule has 3 heterocycles. The van der Waals surface area contributed by atoms with Crippen LogP contribution in [0, 0.1) is 0 Å². The monoisotopic (exact) mass is 525 g/mol. The molecule has 4 rings (SSSR count). The molecule has 0 bridgehead atoms. The number of furan rings is 1. The van der Waals surface area contributed by atoms with Crippen LogP contribution in [0.25, 0.3) is 6.08 Å². The van der Waals surface area contributed by atoms with Gasteiger partial charge in [-0.2, -0.15) is 0 Å². The topological polar surface area (TPSA) is 95.5 Å². The van der Waals surface area contributed by atoms with Crippen LogP contribution in [0.3, 0.4) is 0 Å². The molecule has 1 aromatic carbocycles. The summed E-state index contributed by atoms with van der Waals surface area (Å²) in [5.41, 5.74) is 1.19. The zero-order chi connectivity index (χ0) is 26.7. The maximum absolute atomic E-state index is 13.8. The van der Waals surface area contributed by atoms with E-state index in [0.29, 0.717) is 43.4 Å². The van der Waals surface area contributed by atoms with Crippen LogP contribution in [-0.2, 0) is 9.53 Å². The zero-order valence-corrected chi connectivity index (χ0v) is 22.7. The van der Waals surface area contributed by atoms with Gasteiger partial charge in [0.1, 0.15) is 5.76 Å². The average molecular weight is 526 g/mol. The smallest absolute Gasteiger partial charge is 0.338 e. The van der Waals surface area contributed by atoms with Gasteiger partial charge in [-0.25, -0.2) is 9.79 Å². The minimum atomic E-state index is -0.750. The van der Waals surface area contributed by atoms with Gasteiger partial charge in [-0.3, -0.25) is 9.36 Å². The van der Waals surface area contributed by atoms with Gasteiger partial charge in [-0.15, -0.1) is 0 Å². The Morgan fingerprint density at radius 3 is 2.51 bits per heavy atom. The van der Waals surface area contributed by atoms with Crippen molar-refractivity contribution in [3.8, 4) is 11.5 Å². The predicted octanol–water partition coefficient (Wildman–Crippen LogP) is 3.25. The number of fused-ring (bicyclic) bond motifs is 1. The molecule has 0 radical (unpaired) electrons. The second-order valence-corrected chi connectivity index (χ2v) is 9.27. The number of esters is 1. The van der Waals surface area contributed by atoms with Crippen molar-refractivity contribution < 1.29 is 23.4 Å². The Kier molecular flexibility index (Phi) is 7.87. The van der Waals surface area contributed by atoms with Crippen LogP contribution in [0.15, 0.2) is 55.8 Å². The molecule has 37 heavy (non-hydrogen) atoms. The second-order valence-electron chi connectivity index (χ2n) is 8.26. The van der Waals surface area contributed by atoms with E-state index in [2.05, 4.69) is 23.7 Å².